The number of aldehydes is 1. The molecule has 1 aromatic carbocycles. The molecule has 1 heterocycles. The Morgan fingerprint density at radius 1 is 1.33 bits per heavy atom. The minimum absolute atomic E-state index is 0.108. The SMILES string of the molecule is CCCn1nc(-c2cc(C)ccc2OC)cc(C=O)c1=O. The van der Waals surface area contributed by atoms with E-state index in [2.05, 4.69) is 5.10 Å². The van der Waals surface area contributed by atoms with E-state index in [0.717, 1.165) is 17.5 Å². The number of methoxy groups -OCH3 is 1. The molecule has 2 rings (SSSR count). The van der Waals surface area contributed by atoms with Gasteiger partial charge in [0.1, 0.15) is 5.75 Å². The Morgan fingerprint density at radius 3 is 2.71 bits per heavy atom. The number of carbonyl (C=O) groups excluding carboxylic acids is 1. The lowest BCUT2D eigenvalue weighted by Gasteiger charge is -2.11. The van der Waals surface area contributed by atoms with Crippen LogP contribution in [0.15, 0.2) is 29.1 Å². The van der Waals surface area contributed by atoms with Gasteiger partial charge >= 0.3 is 0 Å². The summed E-state index contributed by atoms with van der Waals surface area (Å²) < 4.78 is 6.68. The second-order valence-electron chi connectivity index (χ2n) is 4.83. The first-order valence-electron chi connectivity index (χ1n) is 6.83. The third-order valence-corrected chi connectivity index (χ3v) is 3.20. The third kappa shape index (κ3) is 3.02. The Kier molecular flexibility index (Phi) is 4.52. The maximum atomic E-state index is 12.0. The highest BCUT2D eigenvalue weighted by molar-refractivity contribution is 5.78. The number of hydrogen-bond donors (Lipinski definition) is 0. The van der Waals surface area contributed by atoms with Crippen LogP contribution in [0.2, 0.25) is 0 Å². The molecular weight excluding hydrogens is 268 g/mol. The van der Waals surface area contributed by atoms with E-state index >= 15 is 0 Å². The molecule has 0 amide bonds. The molecule has 0 spiro atoms. The lowest BCUT2D eigenvalue weighted by atomic mass is 10.1. The minimum atomic E-state index is -0.359. The molecule has 21 heavy (non-hydrogen) atoms. The average Bonchev–Trinajstić information content (AvgIpc) is 2.49. The largest absolute Gasteiger partial charge is 0.496 e. The van der Waals surface area contributed by atoms with Crippen LogP contribution in [0.4, 0.5) is 0 Å². The first-order chi connectivity index (χ1) is 10.1. The van der Waals surface area contributed by atoms with Crippen LogP contribution in [0.5, 0.6) is 5.75 Å². The van der Waals surface area contributed by atoms with Crippen molar-refractivity contribution in [2.75, 3.05) is 7.11 Å². The molecule has 5 heteroatoms. The Morgan fingerprint density at radius 2 is 2.10 bits per heavy atom. The zero-order valence-electron chi connectivity index (χ0n) is 12.4. The van der Waals surface area contributed by atoms with E-state index in [1.807, 2.05) is 32.0 Å². The van der Waals surface area contributed by atoms with Crippen molar-refractivity contribution in [2.45, 2.75) is 26.8 Å². The molecule has 0 saturated heterocycles. The molecule has 0 aliphatic heterocycles. The van der Waals surface area contributed by atoms with Gasteiger partial charge in [0.2, 0.25) is 0 Å². The quantitative estimate of drug-likeness (QED) is 0.792. The predicted octanol–water partition coefficient (Wildman–Crippen LogP) is 2.45. The molecule has 0 radical (unpaired) electrons. The average molecular weight is 286 g/mol. The van der Waals surface area contributed by atoms with Crippen molar-refractivity contribution < 1.29 is 9.53 Å². The van der Waals surface area contributed by atoms with Crippen LogP contribution in [-0.2, 0) is 6.54 Å². The van der Waals surface area contributed by atoms with Gasteiger partial charge in [-0.25, -0.2) is 4.68 Å². The first-order valence-corrected chi connectivity index (χ1v) is 6.83. The Balaban J connectivity index is 2.69. The van der Waals surface area contributed by atoms with E-state index in [4.69, 9.17) is 4.74 Å². The van der Waals surface area contributed by atoms with Crippen molar-refractivity contribution >= 4 is 6.29 Å². The Bertz CT molecular complexity index is 720. The van der Waals surface area contributed by atoms with Crippen molar-refractivity contribution in [1.82, 2.24) is 9.78 Å². The van der Waals surface area contributed by atoms with E-state index in [-0.39, 0.29) is 11.1 Å². The molecule has 0 N–H and O–H groups in total. The van der Waals surface area contributed by atoms with E-state index < -0.39 is 0 Å². The summed E-state index contributed by atoms with van der Waals surface area (Å²) in [5.41, 5.74) is 2.13. The zero-order chi connectivity index (χ0) is 15.4. The monoisotopic (exact) mass is 286 g/mol. The third-order valence-electron chi connectivity index (χ3n) is 3.20. The molecule has 2 aromatic rings. The lowest BCUT2D eigenvalue weighted by molar-refractivity contribution is 0.112. The van der Waals surface area contributed by atoms with E-state index in [0.29, 0.717) is 24.3 Å². The Labute approximate surface area is 123 Å². The molecule has 0 fully saturated rings. The van der Waals surface area contributed by atoms with Gasteiger partial charge in [-0.1, -0.05) is 18.6 Å². The van der Waals surface area contributed by atoms with Crippen molar-refractivity contribution in [1.29, 1.82) is 0 Å². The van der Waals surface area contributed by atoms with Gasteiger partial charge in [-0.05, 0) is 31.5 Å². The van der Waals surface area contributed by atoms with Crippen LogP contribution in [0.1, 0.15) is 29.3 Å². The predicted molar refractivity (Wildman–Crippen MR) is 80.9 cm³/mol. The molecular formula is C16H18N2O3. The molecule has 5 nitrogen and oxygen atoms in total. The summed E-state index contributed by atoms with van der Waals surface area (Å²) >= 11 is 0. The summed E-state index contributed by atoms with van der Waals surface area (Å²) in [7, 11) is 1.58. The van der Waals surface area contributed by atoms with Gasteiger partial charge in [-0.2, -0.15) is 5.10 Å². The molecule has 0 bridgehead atoms. The highest BCUT2D eigenvalue weighted by atomic mass is 16.5. The maximum Gasteiger partial charge on any atom is 0.277 e. The van der Waals surface area contributed by atoms with Gasteiger partial charge in [0.15, 0.2) is 6.29 Å². The molecule has 0 aliphatic carbocycles. The van der Waals surface area contributed by atoms with Gasteiger partial charge in [-0.15, -0.1) is 0 Å². The minimum Gasteiger partial charge on any atom is -0.496 e. The number of ether oxygens (including phenoxy) is 1. The van der Waals surface area contributed by atoms with E-state index in [1.54, 1.807) is 7.11 Å². The standard InChI is InChI=1S/C16H18N2O3/c1-4-7-18-16(20)12(10-19)9-14(17-18)13-8-11(2)5-6-15(13)21-3/h5-6,8-10H,4,7H2,1-3H3. The zero-order valence-corrected chi connectivity index (χ0v) is 12.4. The molecule has 0 saturated carbocycles. The lowest BCUT2D eigenvalue weighted by Crippen LogP contribution is -2.26. The molecule has 0 aliphatic rings. The summed E-state index contributed by atoms with van der Waals surface area (Å²) in [6.07, 6.45) is 1.33. The van der Waals surface area contributed by atoms with Crippen LogP contribution in [-0.4, -0.2) is 23.2 Å². The van der Waals surface area contributed by atoms with Gasteiger partial charge in [0, 0.05) is 12.1 Å². The summed E-state index contributed by atoms with van der Waals surface area (Å²) in [6, 6.07) is 7.22. The molecule has 1 aromatic heterocycles. The number of hydrogen-bond acceptors (Lipinski definition) is 4. The van der Waals surface area contributed by atoms with Gasteiger partial charge < -0.3 is 4.74 Å². The van der Waals surface area contributed by atoms with E-state index in [9.17, 15) is 9.59 Å². The number of aromatic nitrogens is 2. The fraction of sp³-hybridized carbons (Fsp3) is 0.312. The number of rotatable bonds is 5. The fourth-order valence-electron chi connectivity index (χ4n) is 2.16. The Hall–Kier alpha value is -2.43. The number of carbonyl (C=O) groups is 1. The van der Waals surface area contributed by atoms with Crippen LogP contribution < -0.4 is 10.3 Å². The summed E-state index contributed by atoms with van der Waals surface area (Å²) in [5.74, 6) is 0.659. The number of aryl methyl sites for hydroxylation is 2. The number of nitrogens with zero attached hydrogens (tertiary/aromatic N) is 2. The normalized spacial score (nSPS) is 10.4. The van der Waals surface area contributed by atoms with Crippen LogP contribution >= 0.6 is 0 Å². The maximum absolute atomic E-state index is 12.0. The highest BCUT2D eigenvalue weighted by Gasteiger charge is 2.13. The smallest absolute Gasteiger partial charge is 0.277 e. The highest BCUT2D eigenvalue weighted by Crippen LogP contribution is 2.29. The molecule has 110 valence electrons. The fourth-order valence-corrected chi connectivity index (χ4v) is 2.16. The van der Waals surface area contributed by atoms with Crippen molar-refractivity contribution in [2.24, 2.45) is 0 Å². The van der Waals surface area contributed by atoms with Crippen LogP contribution in [0.25, 0.3) is 11.3 Å². The van der Waals surface area contributed by atoms with Gasteiger partial charge in [0.25, 0.3) is 5.56 Å². The summed E-state index contributed by atoms with van der Waals surface area (Å²) in [4.78, 5) is 23.1. The molecule has 0 unspecified atom stereocenters. The number of benzene rings is 1. The van der Waals surface area contributed by atoms with Crippen molar-refractivity contribution in [3.05, 3.63) is 45.7 Å². The van der Waals surface area contributed by atoms with E-state index in [1.165, 1.54) is 10.7 Å². The molecule has 0 atom stereocenters. The second-order valence-corrected chi connectivity index (χ2v) is 4.83. The van der Waals surface area contributed by atoms with Gasteiger partial charge in [-0.3, -0.25) is 9.59 Å². The second kappa shape index (κ2) is 6.35. The first kappa shape index (κ1) is 15.0. The van der Waals surface area contributed by atoms with Crippen molar-refractivity contribution in [3.8, 4) is 17.0 Å². The van der Waals surface area contributed by atoms with Gasteiger partial charge in [0.05, 0.1) is 18.4 Å². The van der Waals surface area contributed by atoms with Crippen molar-refractivity contribution in [3.63, 3.8) is 0 Å². The summed E-state index contributed by atoms with van der Waals surface area (Å²) in [6.45, 7) is 4.39. The summed E-state index contributed by atoms with van der Waals surface area (Å²) in [5, 5.41) is 4.36. The van der Waals surface area contributed by atoms with Crippen LogP contribution in [0.3, 0.4) is 0 Å². The topological polar surface area (TPSA) is 61.2 Å². The van der Waals surface area contributed by atoms with Crippen LogP contribution in [0, 0.1) is 6.92 Å².